The van der Waals surface area contributed by atoms with Crippen LogP contribution in [0.25, 0.3) is 21.5 Å². The largest absolute Gasteiger partial charge is 0.391 e. The smallest absolute Gasteiger partial charge is 0.263 e. The number of aryl methyl sites for hydroxylation is 2. The Bertz CT molecular complexity index is 3050. The van der Waals surface area contributed by atoms with Crippen LogP contribution >= 0.6 is 11.3 Å². The minimum Gasteiger partial charge on any atom is -0.391 e. The molecule has 4 amide bonds. The van der Waals surface area contributed by atoms with E-state index in [0.717, 1.165) is 53.1 Å². The number of amides is 4. The third-order valence-corrected chi connectivity index (χ3v) is 15.9. The number of carbonyl (C=O) groups is 5. The molecule has 442 valence electrons. The zero-order valence-corrected chi connectivity index (χ0v) is 48.6. The third-order valence-electron chi connectivity index (χ3n) is 14.9. The van der Waals surface area contributed by atoms with Crippen molar-refractivity contribution in [2.45, 2.75) is 104 Å². The topological polar surface area (TPSA) is 271 Å². The summed E-state index contributed by atoms with van der Waals surface area (Å²) in [5, 5.41) is 20.1. The molecule has 6 heterocycles. The number of likely N-dealkylation sites (tertiary alicyclic amines) is 1. The molecule has 2 aliphatic heterocycles. The fourth-order valence-electron chi connectivity index (χ4n) is 10.5. The summed E-state index contributed by atoms with van der Waals surface area (Å²) >= 11 is 1.57. The molecule has 1 aromatic carbocycles. The number of rotatable bonds is 27. The highest BCUT2D eigenvalue weighted by molar-refractivity contribution is 7.13. The fraction of sp³-hybridized carbons (Fsp3) is 0.552. The molecule has 8 rings (SSSR count). The van der Waals surface area contributed by atoms with E-state index in [1.807, 2.05) is 64.1 Å². The van der Waals surface area contributed by atoms with Crippen molar-refractivity contribution in [1.29, 1.82) is 0 Å². The number of thiazole rings is 1. The lowest BCUT2D eigenvalue weighted by Gasteiger charge is -2.36. The number of aliphatic hydroxyl groups is 1. The lowest BCUT2D eigenvalue weighted by atomic mass is 9.85. The molecule has 1 saturated carbocycles. The standard InChI is InChI=1S/C58H77N11O12S/c1-37-45-32-61-57(65-53(45)69(42-9-7-8-10-42)55(75)50(37)39(3)70)63-47-16-15-43(31-59-47)66-17-19-67(20-18-66)49(73)35-81-28-26-79-24-22-77-21-23-78-25-27-80-34-48(72)64-52(58(4,5)6)56(76)68-33-44(71)29-46(68)54(74)60-30-40-11-13-41(14-12-40)51-38(2)62-36-82-51/h11-16,31-32,36,42,44,46,52,71H,7-10,17-30,33-35H2,1-6H3,(H,60,74)(H,64,72)(H,59,61,63,65)/t44-,46+,52?/m1/s1. The number of nitrogens with one attached hydrogen (secondary N) is 3. The molecular formula is C58H77N11O12S. The Hall–Kier alpha value is -6.80. The number of nitrogens with zero attached hydrogens (tertiary/aromatic N) is 8. The monoisotopic (exact) mass is 1150 g/mol. The Kier molecular flexibility index (Phi) is 21.6. The summed E-state index contributed by atoms with van der Waals surface area (Å²) < 4.78 is 29.5. The van der Waals surface area contributed by atoms with E-state index in [9.17, 15) is 33.9 Å². The van der Waals surface area contributed by atoms with Crippen LogP contribution in [0, 0.1) is 19.3 Å². The first-order valence-electron chi connectivity index (χ1n) is 28.1. The summed E-state index contributed by atoms with van der Waals surface area (Å²) in [6.07, 6.45) is 6.37. The van der Waals surface area contributed by atoms with Crippen molar-refractivity contribution in [2.24, 2.45) is 5.41 Å². The van der Waals surface area contributed by atoms with Crippen molar-refractivity contribution in [3.05, 3.63) is 87.0 Å². The number of hydrogen-bond donors (Lipinski definition) is 4. The molecule has 24 heteroatoms. The number of pyridine rings is 2. The Morgan fingerprint density at radius 2 is 1.45 bits per heavy atom. The van der Waals surface area contributed by atoms with Gasteiger partial charge in [0.05, 0.1) is 92.5 Å². The maximum Gasteiger partial charge on any atom is 0.263 e. The third kappa shape index (κ3) is 16.0. The van der Waals surface area contributed by atoms with Gasteiger partial charge in [-0.1, -0.05) is 57.9 Å². The highest BCUT2D eigenvalue weighted by Gasteiger charge is 2.44. The predicted octanol–water partition coefficient (Wildman–Crippen LogP) is 4.53. The van der Waals surface area contributed by atoms with Crippen molar-refractivity contribution in [3.8, 4) is 10.4 Å². The van der Waals surface area contributed by atoms with E-state index in [2.05, 4.69) is 35.8 Å². The molecule has 4 aromatic heterocycles. The van der Waals surface area contributed by atoms with Gasteiger partial charge in [-0.25, -0.2) is 15.0 Å². The number of ether oxygens (including phenoxy) is 5. The van der Waals surface area contributed by atoms with Crippen LogP contribution in [-0.2, 0) is 49.4 Å². The summed E-state index contributed by atoms with van der Waals surface area (Å²) in [6, 6.07) is 9.73. The lowest BCUT2D eigenvalue weighted by molar-refractivity contribution is -0.144. The summed E-state index contributed by atoms with van der Waals surface area (Å²) in [6.45, 7) is 15.0. The van der Waals surface area contributed by atoms with Crippen molar-refractivity contribution in [1.82, 2.24) is 44.9 Å². The maximum absolute atomic E-state index is 14.0. The van der Waals surface area contributed by atoms with Gasteiger partial charge in [-0.3, -0.25) is 33.3 Å². The summed E-state index contributed by atoms with van der Waals surface area (Å²) in [4.78, 5) is 104. The van der Waals surface area contributed by atoms with E-state index in [1.54, 1.807) is 45.6 Å². The normalized spacial score (nSPS) is 17.1. The van der Waals surface area contributed by atoms with Gasteiger partial charge in [-0.15, -0.1) is 11.3 Å². The number of Topliss-reactive ketones (excluding diaryl/α,β-unsaturated/α-hetero) is 1. The van der Waals surface area contributed by atoms with Crippen molar-refractivity contribution < 1.29 is 52.8 Å². The molecule has 4 N–H and O–H groups in total. The second-order valence-corrected chi connectivity index (χ2v) is 22.7. The number of β-amino-alcohol motifs (C(OH)–C–C–N with tert-alkyl or cyclic N) is 1. The average Bonchev–Trinajstić information content (AvgIpc) is 2.80. The zero-order chi connectivity index (χ0) is 58.3. The van der Waals surface area contributed by atoms with Gasteiger partial charge in [-0.2, -0.15) is 4.98 Å². The minimum atomic E-state index is -0.981. The van der Waals surface area contributed by atoms with Crippen molar-refractivity contribution in [3.63, 3.8) is 0 Å². The Morgan fingerprint density at radius 1 is 0.805 bits per heavy atom. The minimum absolute atomic E-state index is 0.0203. The quantitative estimate of drug-likeness (QED) is 0.0415. The molecular weight excluding hydrogens is 1070 g/mol. The van der Waals surface area contributed by atoms with Gasteiger partial charge in [0.15, 0.2) is 5.78 Å². The van der Waals surface area contributed by atoms with Crippen molar-refractivity contribution in [2.75, 3.05) is 109 Å². The molecule has 3 fully saturated rings. The van der Waals surface area contributed by atoms with Crippen LogP contribution < -0.4 is 26.4 Å². The number of piperazine rings is 1. The van der Waals surface area contributed by atoms with Gasteiger partial charge in [-0.05, 0) is 67.9 Å². The second kappa shape index (κ2) is 28.9. The fourth-order valence-corrected chi connectivity index (χ4v) is 11.3. The average molecular weight is 1150 g/mol. The summed E-state index contributed by atoms with van der Waals surface area (Å²) in [5.74, 6) is -0.860. The summed E-state index contributed by atoms with van der Waals surface area (Å²) in [5.41, 5.74) is 5.87. The Balaban J connectivity index is 0.639. The maximum atomic E-state index is 14.0. The molecule has 1 aliphatic carbocycles. The SMILES string of the molecule is CC(=O)c1c(C)c2cnc(Nc3ccc(N4CCN(C(=O)COCCOCCOCCOCCOCC(=O)NC(C(=O)N5C[C@H](O)C[C@H]5C(=O)NCc5ccc(-c6scnc6C)cc5)C(C)(C)C)CC4)cn3)nc2n(C2CCCC2)c1=O. The number of benzene rings is 1. The van der Waals surface area contributed by atoms with E-state index < -0.39 is 35.4 Å². The number of ketones is 1. The molecule has 3 atom stereocenters. The van der Waals surface area contributed by atoms with Gasteiger partial charge in [0.2, 0.25) is 29.6 Å². The Labute approximate surface area is 481 Å². The number of aliphatic hydroxyl groups excluding tert-OH is 1. The van der Waals surface area contributed by atoms with E-state index in [4.69, 9.17) is 28.7 Å². The van der Waals surface area contributed by atoms with E-state index in [-0.39, 0.29) is 87.3 Å². The molecule has 0 radical (unpaired) electrons. The van der Waals surface area contributed by atoms with Crippen LogP contribution in [-0.4, -0.2) is 186 Å². The van der Waals surface area contributed by atoms with Crippen LogP contribution in [0.5, 0.6) is 0 Å². The van der Waals surface area contributed by atoms with Crippen LogP contribution in [0.3, 0.4) is 0 Å². The van der Waals surface area contributed by atoms with E-state index >= 15 is 0 Å². The highest BCUT2D eigenvalue weighted by atomic mass is 32.1. The first-order valence-corrected chi connectivity index (χ1v) is 29.0. The van der Waals surface area contributed by atoms with Crippen LogP contribution in [0.2, 0.25) is 0 Å². The number of hydrogen-bond acceptors (Lipinski definition) is 19. The molecule has 23 nitrogen and oxygen atoms in total. The van der Waals surface area contributed by atoms with Crippen LogP contribution in [0.4, 0.5) is 17.5 Å². The number of anilines is 3. The number of aromatic nitrogens is 5. The predicted molar refractivity (Wildman–Crippen MR) is 308 cm³/mol. The van der Waals surface area contributed by atoms with Gasteiger partial charge in [0.1, 0.15) is 36.8 Å². The van der Waals surface area contributed by atoms with E-state index in [0.29, 0.717) is 87.6 Å². The van der Waals surface area contributed by atoms with Gasteiger partial charge >= 0.3 is 0 Å². The van der Waals surface area contributed by atoms with Gasteiger partial charge in [0.25, 0.3) is 5.56 Å². The lowest BCUT2D eigenvalue weighted by Crippen LogP contribution is -2.58. The molecule has 82 heavy (non-hydrogen) atoms. The molecule has 0 spiro atoms. The van der Waals surface area contributed by atoms with E-state index in [1.165, 1.54) is 11.8 Å². The van der Waals surface area contributed by atoms with Gasteiger partial charge < -0.3 is 59.4 Å². The molecule has 5 aromatic rings. The summed E-state index contributed by atoms with van der Waals surface area (Å²) in [7, 11) is 0. The van der Waals surface area contributed by atoms with Gasteiger partial charge in [0, 0.05) is 63.3 Å². The van der Waals surface area contributed by atoms with Crippen molar-refractivity contribution >= 4 is 69.2 Å². The molecule has 3 aliphatic rings. The van der Waals surface area contributed by atoms with Crippen LogP contribution in [0.1, 0.15) is 93.0 Å². The molecule has 2 saturated heterocycles. The number of fused-ring (bicyclic) bond motifs is 1. The first-order chi connectivity index (χ1) is 39.5. The van der Waals surface area contributed by atoms with Crippen LogP contribution in [0.15, 0.2) is 59.1 Å². The Morgan fingerprint density at radius 3 is 2.05 bits per heavy atom. The number of carbonyl (C=O) groups excluding carboxylic acids is 5. The second-order valence-electron chi connectivity index (χ2n) is 21.9. The zero-order valence-electron chi connectivity index (χ0n) is 47.8. The molecule has 0 bridgehead atoms. The first kappa shape index (κ1) is 61.3. The molecule has 1 unspecified atom stereocenters. The highest BCUT2D eigenvalue weighted by Crippen LogP contribution is 2.33.